The van der Waals surface area contributed by atoms with Crippen LogP contribution in [0.1, 0.15) is 12.0 Å². The fourth-order valence-corrected chi connectivity index (χ4v) is 5.67. The van der Waals surface area contributed by atoms with E-state index in [0.717, 1.165) is 18.2 Å². The lowest BCUT2D eigenvalue weighted by atomic mass is 10.2. The van der Waals surface area contributed by atoms with Crippen LogP contribution in [0.5, 0.6) is 0 Å². The molecule has 0 saturated carbocycles. The first-order chi connectivity index (χ1) is 16.7. The number of rotatable bonds is 5. The molecule has 4 rings (SSSR count). The van der Waals surface area contributed by atoms with Gasteiger partial charge in [0.15, 0.2) is 4.90 Å². The van der Waals surface area contributed by atoms with Gasteiger partial charge in [0.25, 0.3) is 0 Å². The van der Waals surface area contributed by atoms with Gasteiger partial charge in [-0.05, 0) is 43.2 Å². The van der Waals surface area contributed by atoms with Crippen LogP contribution >= 0.6 is 0 Å². The normalized spacial score (nSPS) is 15.6. The van der Waals surface area contributed by atoms with Gasteiger partial charge in [-0.1, -0.05) is 12.1 Å². The minimum absolute atomic E-state index is 0.102. The second-order valence-corrected chi connectivity index (χ2v) is 11.1. The maximum absolute atomic E-state index is 13.9. The largest absolute Gasteiger partial charge is 0.370 e. The van der Waals surface area contributed by atoms with Crippen LogP contribution in [0.15, 0.2) is 58.5 Å². The molecule has 4 N–H and O–H groups in total. The zero-order valence-electron chi connectivity index (χ0n) is 18.3. The summed E-state index contributed by atoms with van der Waals surface area (Å²) in [6, 6.07) is 9.01. The molecule has 0 aliphatic carbocycles. The van der Waals surface area contributed by atoms with Crippen LogP contribution in [0.4, 0.5) is 26.2 Å². The van der Waals surface area contributed by atoms with Crippen LogP contribution in [0.2, 0.25) is 0 Å². The number of nitrogens with one attached hydrogen (secondary N) is 4. The Hall–Kier alpha value is -3.20. The Balaban J connectivity index is 1.53. The van der Waals surface area contributed by atoms with Crippen LogP contribution in [0.25, 0.3) is 0 Å². The van der Waals surface area contributed by atoms with Crippen LogP contribution < -0.4 is 20.1 Å². The number of fused-ring (bicyclic) bond motifs is 4. The van der Waals surface area contributed by atoms with Gasteiger partial charge in [-0.15, -0.1) is 0 Å². The average molecular weight is 525 g/mol. The number of benzene rings is 2. The summed E-state index contributed by atoms with van der Waals surface area (Å²) in [6.45, 7) is 0.396. The van der Waals surface area contributed by atoms with Crippen molar-refractivity contribution < 1.29 is 25.6 Å². The van der Waals surface area contributed by atoms with Gasteiger partial charge < -0.3 is 10.6 Å². The third kappa shape index (κ3) is 5.90. The van der Waals surface area contributed by atoms with Crippen LogP contribution in [-0.4, -0.2) is 46.4 Å². The minimum Gasteiger partial charge on any atom is -0.370 e. The molecule has 0 saturated heterocycles. The van der Waals surface area contributed by atoms with E-state index in [0.29, 0.717) is 30.0 Å². The summed E-state index contributed by atoms with van der Waals surface area (Å²) in [5.74, 6) is -1.75. The number of hydrogen-bond donors (Lipinski definition) is 4. The standard InChI is InChI=1S/C21H22F2N6O4S2/c22-17-6-2-7-18(23)19(17)35(32,33)27-11-8-14-13-25-21-28-15-4-1-5-16(12-15)34(30,31)26-10-3-9-24-20(14)29-21/h1-2,4-7,12-13,26-27H,3,8-11H2,(H2,24,25,28,29). The van der Waals surface area contributed by atoms with Crippen molar-refractivity contribution in [3.8, 4) is 0 Å². The second kappa shape index (κ2) is 10.2. The maximum Gasteiger partial charge on any atom is 0.246 e. The highest BCUT2D eigenvalue weighted by Crippen LogP contribution is 2.22. The Morgan fingerprint density at radius 2 is 1.80 bits per heavy atom. The number of aromatic nitrogens is 2. The van der Waals surface area contributed by atoms with Crippen molar-refractivity contribution in [2.45, 2.75) is 22.6 Å². The van der Waals surface area contributed by atoms with Crippen molar-refractivity contribution >= 4 is 37.5 Å². The summed E-state index contributed by atoms with van der Waals surface area (Å²) in [7, 11) is -8.10. The van der Waals surface area contributed by atoms with Gasteiger partial charge in [0.2, 0.25) is 26.0 Å². The summed E-state index contributed by atoms with van der Waals surface area (Å²) < 4.78 is 82.3. The molecule has 10 nitrogen and oxygen atoms in total. The molecule has 1 aliphatic rings. The molecule has 1 aromatic heterocycles. The number of anilines is 3. The summed E-state index contributed by atoms with van der Waals surface area (Å²) in [4.78, 5) is 7.72. The number of sulfonamides is 2. The molecule has 1 aliphatic heterocycles. The monoisotopic (exact) mass is 524 g/mol. The molecule has 2 aromatic carbocycles. The van der Waals surface area contributed by atoms with Crippen LogP contribution in [-0.2, 0) is 26.5 Å². The van der Waals surface area contributed by atoms with Crippen molar-refractivity contribution in [2.24, 2.45) is 0 Å². The first-order valence-electron chi connectivity index (χ1n) is 10.6. The van der Waals surface area contributed by atoms with Gasteiger partial charge >= 0.3 is 0 Å². The van der Waals surface area contributed by atoms with Gasteiger partial charge in [-0.2, -0.15) is 4.98 Å². The molecule has 35 heavy (non-hydrogen) atoms. The van der Waals surface area contributed by atoms with E-state index in [1.807, 2.05) is 0 Å². The van der Waals surface area contributed by atoms with E-state index in [-0.39, 0.29) is 30.4 Å². The zero-order chi connectivity index (χ0) is 25.1. The second-order valence-electron chi connectivity index (χ2n) is 7.60. The molecule has 0 atom stereocenters. The highest BCUT2D eigenvalue weighted by molar-refractivity contribution is 7.89. The van der Waals surface area contributed by atoms with E-state index in [1.165, 1.54) is 18.3 Å². The summed E-state index contributed by atoms with van der Waals surface area (Å²) in [5.41, 5.74) is 1.02. The zero-order valence-corrected chi connectivity index (χ0v) is 19.9. The molecule has 14 heteroatoms. The van der Waals surface area contributed by atoms with Gasteiger partial charge in [-0.25, -0.2) is 40.0 Å². The fraction of sp³-hybridized carbons (Fsp3) is 0.238. The molecule has 186 valence electrons. The lowest BCUT2D eigenvalue weighted by molar-refractivity contribution is 0.514. The Bertz CT molecular complexity index is 1430. The van der Waals surface area contributed by atoms with Crippen LogP contribution in [0.3, 0.4) is 0 Å². The quantitative estimate of drug-likeness (QED) is 0.398. The Morgan fingerprint density at radius 3 is 2.57 bits per heavy atom. The van der Waals surface area contributed by atoms with Crippen molar-refractivity contribution in [3.63, 3.8) is 0 Å². The van der Waals surface area contributed by atoms with Gasteiger partial charge in [0, 0.05) is 37.1 Å². The summed E-state index contributed by atoms with van der Waals surface area (Å²) >= 11 is 0. The molecular formula is C21H22F2N6O4S2. The molecule has 0 radical (unpaired) electrons. The Labute approximate surface area is 201 Å². The van der Waals surface area contributed by atoms with Gasteiger partial charge in [0.1, 0.15) is 17.5 Å². The van der Waals surface area contributed by atoms with E-state index >= 15 is 0 Å². The highest BCUT2D eigenvalue weighted by atomic mass is 32.2. The van der Waals surface area contributed by atoms with Crippen molar-refractivity contribution in [1.29, 1.82) is 0 Å². The predicted molar refractivity (Wildman–Crippen MR) is 125 cm³/mol. The SMILES string of the molecule is O=S1(=O)NCCCNc2nc(ncc2CCNS(=O)(=O)c2c(F)cccc2F)Nc2cccc1c2. The van der Waals surface area contributed by atoms with Crippen molar-refractivity contribution in [2.75, 3.05) is 30.3 Å². The molecular weight excluding hydrogens is 502 g/mol. The minimum atomic E-state index is -4.42. The molecule has 3 aromatic rings. The van der Waals surface area contributed by atoms with E-state index in [9.17, 15) is 25.6 Å². The molecule has 2 heterocycles. The summed E-state index contributed by atoms with van der Waals surface area (Å²) in [6.07, 6.45) is 2.07. The van der Waals surface area contributed by atoms with Crippen molar-refractivity contribution in [1.82, 2.24) is 19.4 Å². The summed E-state index contributed by atoms with van der Waals surface area (Å²) in [5, 5.41) is 6.05. The van der Waals surface area contributed by atoms with Gasteiger partial charge in [-0.3, -0.25) is 0 Å². The van der Waals surface area contributed by atoms with Gasteiger partial charge in [0.05, 0.1) is 4.90 Å². The Kier molecular flexibility index (Phi) is 7.25. The van der Waals surface area contributed by atoms with E-state index in [4.69, 9.17) is 0 Å². The topological polar surface area (TPSA) is 142 Å². The van der Waals surface area contributed by atoms with E-state index < -0.39 is 36.6 Å². The molecule has 0 unspecified atom stereocenters. The van der Waals surface area contributed by atoms with Crippen LogP contribution in [0, 0.1) is 11.6 Å². The van der Waals surface area contributed by atoms with Crippen molar-refractivity contribution in [3.05, 3.63) is 65.9 Å². The lowest BCUT2D eigenvalue weighted by Crippen LogP contribution is -2.28. The third-order valence-corrected chi connectivity index (χ3v) is 8.05. The Morgan fingerprint density at radius 1 is 1.06 bits per heavy atom. The lowest BCUT2D eigenvalue weighted by Gasteiger charge is -2.13. The number of hydrogen-bond acceptors (Lipinski definition) is 8. The average Bonchev–Trinajstić information content (AvgIpc) is 2.80. The highest BCUT2D eigenvalue weighted by Gasteiger charge is 2.23. The smallest absolute Gasteiger partial charge is 0.246 e. The number of nitrogens with zero attached hydrogens (tertiary/aromatic N) is 2. The van der Waals surface area contributed by atoms with E-state index in [2.05, 4.69) is 30.0 Å². The molecule has 4 bridgehead atoms. The van der Waals surface area contributed by atoms with E-state index in [1.54, 1.807) is 12.1 Å². The first-order valence-corrected chi connectivity index (χ1v) is 13.5. The third-order valence-electron chi connectivity index (χ3n) is 5.08. The number of halogens is 2. The predicted octanol–water partition coefficient (Wildman–Crippen LogP) is 2.11. The molecule has 0 spiro atoms. The first kappa shape index (κ1) is 24.9. The molecule has 0 amide bonds. The molecule has 0 fully saturated rings. The maximum atomic E-state index is 13.9. The fourth-order valence-electron chi connectivity index (χ4n) is 3.39.